The number of rotatable bonds is 3. The molecule has 2 saturated heterocycles. The van der Waals surface area contributed by atoms with Crippen LogP contribution < -0.4 is 0 Å². The summed E-state index contributed by atoms with van der Waals surface area (Å²) in [5.74, 6) is -2.61. The number of fused-ring (bicyclic) bond motifs is 1. The fourth-order valence-corrected chi connectivity index (χ4v) is 4.33. The number of aliphatic carboxylic acids is 1. The summed E-state index contributed by atoms with van der Waals surface area (Å²) < 4.78 is 31.7. The highest BCUT2D eigenvalue weighted by Gasteiger charge is 2.56. The van der Waals surface area contributed by atoms with Crippen LogP contribution in [0, 0.1) is 35.5 Å². The maximum absolute atomic E-state index is 12.6. The van der Waals surface area contributed by atoms with E-state index < -0.39 is 17.6 Å². The van der Waals surface area contributed by atoms with Crippen LogP contribution in [0.2, 0.25) is 0 Å². The van der Waals surface area contributed by atoms with Gasteiger partial charge in [0.2, 0.25) is 11.8 Å². The van der Waals surface area contributed by atoms with Crippen LogP contribution in [0.25, 0.3) is 0 Å². The van der Waals surface area contributed by atoms with Gasteiger partial charge in [0.15, 0.2) is 0 Å². The lowest BCUT2D eigenvalue weighted by Crippen LogP contribution is -2.38. The van der Waals surface area contributed by atoms with Crippen molar-refractivity contribution in [1.82, 2.24) is 14.8 Å². The Balaban J connectivity index is 0.000000318. The summed E-state index contributed by atoms with van der Waals surface area (Å²) in [6.45, 7) is 4.28. The Kier molecular flexibility index (Phi) is 5.77. The third-order valence-corrected chi connectivity index (χ3v) is 6.27. The summed E-state index contributed by atoms with van der Waals surface area (Å²) in [7, 11) is 0. The van der Waals surface area contributed by atoms with Crippen molar-refractivity contribution in [3.8, 4) is 6.07 Å². The minimum Gasteiger partial charge on any atom is -0.475 e. The first-order chi connectivity index (χ1) is 14.0. The molecule has 4 rings (SSSR count). The van der Waals surface area contributed by atoms with Crippen molar-refractivity contribution in [2.24, 2.45) is 17.3 Å². The monoisotopic (exact) mass is 444 g/mol. The Labute approximate surface area is 173 Å². The predicted molar refractivity (Wildman–Crippen MR) is 96.8 cm³/mol. The van der Waals surface area contributed by atoms with E-state index in [1.165, 1.54) is 0 Å². The number of hydrogen-bond donors (Lipinski definition) is 1. The number of carboxylic acids is 1. The van der Waals surface area contributed by atoms with E-state index in [2.05, 4.69) is 11.1 Å². The molecule has 1 aromatic rings. The molecule has 0 radical (unpaired) electrons. The summed E-state index contributed by atoms with van der Waals surface area (Å²) in [5, 5.41) is 19.3. The highest BCUT2D eigenvalue weighted by atomic mass is 32.1. The zero-order valence-electron chi connectivity index (χ0n) is 16.0. The lowest BCUT2D eigenvalue weighted by molar-refractivity contribution is -0.192. The van der Waals surface area contributed by atoms with Crippen molar-refractivity contribution in [3.05, 3.63) is 16.1 Å². The number of carboxylic acid groups (broad SMARTS) is 1. The molecule has 30 heavy (non-hydrogen) atoms. The quantitative estimate of drug-likeness (QED) is 0.761. The van der Waals surface area contributed by atoms with E-state index in [1.807, 2.05) is 17.2 Å². The molecule has 3 heterocycles. The predicted octanol–water partition coefficient (Wildman–Crippen LogP) is 1.81. The zero-order chi connectivity index (χ0) is 22.3. The number of alkyl halides is 3. The van der Waals surface area contributed by atoms with Crippen molar-refractivity contribution < 1.29 is 32.7 Å². The van der Waals surface area contributed by atoms with Crippen molar-refractivity contribution in [2.45, 2.75) is 32.5 Å². The second-order valence-electron chi connectivity index (χ2n) is 7.65. The molecule has 0 bridgehead atoms. The van der Waals surface area contributed by atoms with Crippen LogP contribution in [0.15, 0.2) is 5.38 Å². The van der Waals surface area contributed by atoms with Gasteiger partial charge in [-0.05, 0) is 19.8 Å². The highest BCUT2D eigenvalue weighted by Crippen LogP contribution is 2.48. The van der Waals surface area contributed by atoms with Crippen LogP contribution in [0.3, 0.4) is 0 Å². The van der Waals surface area contributed by atoms with Crippen molar-refractivity contribution in [3.63, 3.8) is 0 Å². The van der Waals surface area contributed by atoms with E-state index in [-0.39, 0.29) is 23.7 Å². The number of carbonyl (C=O) groups excluding carboxylic acids is 2. The molecule has 0 spiro atoms. The number of nitriles is 1. The SMILES string of the molecule is Cc1nc(CN2C[C@@H]3CN(C(=O)C4(C#N)CC4)C[C@@H]3C2=O)cs1.O=C(O)C(F)(F)F. The van der Waals surface area contributed by atoms with Gasteiger partial charge in [0.05, 0.1) is 29.2 Å². The summed E-state index contributed by atoms with van der Waals surface area (Å²) in [6.07, 6.45) is -3.76. The summed E-state index contributed by atoms with van der Waals surface area (Å²) >= 11 is 1.59. The van der Waals surface area contributed by atoms with Crippen LogP contribution in [-0.4, -0.2) is 63.5 Å². The smallest absolute Gasteiger partial charge is 0.475 e. The van der Waals surface area contributed by atoms with Gasteiger partial charge >= 0.3 is 12.1 Å². The first-order valence-corrected chi connectivity index (χ1v) is 10.1. The lowest BCUT2D eigenvalue weighted by Gasteiger charge is -2.22. The molecule has 162 valence electrons. The lowest BCUT2D eigenvalue weighted by atomic mass is 10.0. The highest BCUT2D eigenvalue weighted by molar-refractivity contribution is 7.09. The summed E-state index contributed by atoms with van der Waals surface area (Å²) in [4.78, 5) is 42.0. The molecule has 1 N–H and O–H groups in total. The minimum atomic E-state index is -5.08. The Morgan fingerprint density at radius 3 is 2.43 bits per heavy atom. The maximum Gasteiger partial charge on any atom is 0.490 e. The van der Waals surface area contributed by atoms with Crippen LogP contribution in [0.5, 0.6) is 0 Å². The first kappa shape index (κ1) is 22.0. The van der Waals surface area contributed by atoms with Crippen molar-refractivity contribution in [2.75, 3.05) is 19.6 Å². The Hall–Kier alpha value is -2.68. The van der Waals surface area contributed by atoms with Gasteiger partial charge in [-0.3, -0.25) is 9.59 Å². The van der Waals surface area contributed by atoms with Gasteiger partial charge in [0.1, 0.15) is 5.41 Å². The maximum atomic E-state index is 12.6. The van der Waals surface area contributed by atoms with Gasteiger partial charge < -0.3 is 14.9 Å². The number of amides is 2. The van der Waals surface area contributed by atoms with E-state index in [1.54, 1.807) is 16.2 Å². The Morgan fingerprint density at radius 2 is 2.00 bits per heavy atom. The number of thiazole rings is 1. The molecule has 0 aromatic carbocycles. The largest absolute Gasteiger partial charge is 0.490 e. The number of nitrogens with zero attached hydrogens (tertiary/aromatic N) is 4. The topological polar surface area (TPSA) is 115 Å². The van der Waals surface area contributed by atoms with Crippen LogP contribution >= 0.6 is 11.3 Å². The fraction of sp³-hybridized carbons (Fsp3) is 0.611. The number of aromatic nitrogens is 1. The molecule has 2 aliphatic heterocycles. The molecule has 1 aliphatic carbocycles. The molecule has 2 amide bonds. The summed E-state index contributed by atoms with van der Waals surface area (Å²) in [5.41, 5.74) is 0.162. The van der Waals surface area contributed by atoms with Gasteiger partial charge in [-0.25, -0.2) is 9.78 Å². The minimum absolute atomic E-state index is 0.0659. The van der Waals surface area contributed by atoms with Gasteiger partial charge in [-0.2, -0.15) is 18.4 Å². The number of carbonyl (C=O) groups is 3. The van der Waals surface area contributed by atoms with E-state index in [0.717, 1.165) is 10.7 Å². The normalized spacial score (nSPS) is 24.0. The molecule has 3 fully saturated rings. The van der Waals surface area contributed by atoms with Gasteiger partial charge in [0, 0.05) is 30.9 Å². The number of halogens is 3. The van der Waals surface area contributed by atoms with Gasteiger partial charge in [-0.15, -0.1) is 11.3 Å². The second kappa shape index (κ2) is 7.86. The number of aryl methyl sites for hydroxylation is 1. The molecule has 8 nitrogen and oxygen atoms in total. The van der Waals surface area contributed by atoms with E-state index in [9.17, 15) is 28.0 Å². The van der Waals surface area contributed by atoms with E-state index >= 15 is 0 Å². The average Bonchev–Trinajstić information content (AvgIpc) is 3.06. The number of likely N-dealkylation sites (tertiary alicyclic amines) is 2. The van der Waals surface area contributed by atoms with E-state index in [0.29, 0.717) is 39.0 Å². The fourth-order valence-electron chi connectivity index (χ4n) is 3.73. The molecule has 1 aromatic heterocycles. The molecule has 2 atom stereocenters. The van der Waals surface area contributed by atoms with Crippen LogP contribution in [0.4, 0.5) is 13.2 Å². The van der Waals surface area contributed by atoms with Crippen LogP contribution in [-0.2, 0) is 20.9 Å². The van der Waals surface area contributed by atoms with Crippen molar-refractivity contribution >= 4 is 29.1 Å². The van der Waals surface area contributed by atoms with Crippen LogP contribution in [0.1, 0.15) is 23.5 Å². The van der Waals surface area contributed by atoms with Gasteiger partial charge in [0.25, 0.3) is 0 Å². The molecular weight excluding hydrogens is 425 g/mol. The molecule has 12 heteroatoms. The molecular formula is C18H19F3N4O4S. The number of hydrogen-bond acceptors (Lipinski definition) is 6. The average molecular weight is 444 g/mol. The second-order valence-corrected chi connectivity index (χ2v) is 8.71. The Bertz CT molecular complexity index is 906. The molecule has 3 aliphatic rings. The summed E-state index contributed by atoms with van der Waals surface area (Å²) in [6, 6.07) is 2.16. The molecule has 0 unspecified atom stereocenters. The van der Waals surface area contributed by atoms with Crippen molar-refractivity contribution in [1.29, 1.82) is 5.26 Å². The standard InChI is InChI=1S/C16H18N4O2S.C2HF3O2/c1-10-18-12(8-23-10)6-19-4-11-5-20(7-13(11)14(19)21)15(22)16(9-17)2-3-16;3-2(4,5)1(6)7/h8,11,13H,2-7H2,1H3;(H,6,7)/t11-,13+;/m1./s1. The van der Waals surface area contributed by atoms with Gasteiger partial charge in [-0.1, -0.05) is 0 Å². The molecule has 1 saturated carbocycles. The first-order valence-electron chi connectivity index (χ1n) is 9.17. The third-order valence-electron chi connectivity index (χ3n) is 5.45. The third kappa shape index (κ3) is 4.40. The van der Waals surface area contributed by atoms with E-state index in [4.69, 9.17) is 9.90 Å². The Morgan fingerprint density at radius 1 is 1.37 bits per heavy atom. The zero-order valence-corrected chi connectivity index (χ0v) is 16.8.